The van der Waals surface area contributed by atoms with E-state index in [9.17, 15) is 4.79 Å². The fourth-order valence-corrected chi connectivity index (χ4v) is 2.03. The summed E-state index contributed by atoms with van der Waals surface area (Å²) >= 11 is 3.37. The van der Waals surface area contributed by atoms with Crippen LogP contribution in [-0.4, -0.2) is 18.2 Å². The second-order valence-electron chi connectivity index (χ2n) is 3.78. The fourth-order valence-electron chi connectivity index (χ4n) is 1.67. The van der Waals surface area contributed by atoms with Crippen LogP contribution in [-0.2, 0) is 6.54 Å². The number of carboxylic acid groups (broad SMARTS) is 1. The summed E-state index contributed by atoms with van der Waals surface area (Å²) < 4.78 is 11.0. The SMILES string of the molecule is COc1ccc(Br)cc1NCc1ccoc1C(=O)O. The van der Waals surface area contributed by atoms with Gasteiger partial charge in [0.25, 0.3) is 0 Å². The van der Waals surface area contributed by atoms with Crippen LogP contribution in [0.3, 0.4) is 0 Å². The van der Waals surface area contributed by atoms with Crippen LogP contribution in [0.2, 0.25) is 0 Å². The van der Waals surface area contributed by atoms with Gasteiger partial charge in [-0.15, -0.1) is 0 Å². The number of rotatable bonds is 5. The summed E-state index contributed by atoms with van der Waals surface area (Å²) in [6.07, 6.45) is 1.36. The zero-order valence-electron chi connectivity index (χ0n) is 10.1. The van der Waals surface area contributed by atoms with Gasteiger partial charge in [-0.1, -0.05) is 15.9 Å². The lowest BCUT2D eigenvalue weighted by Crippen LogP contribution is -2.05. The lowest BCUT2D eigenvalue weighted by molar-refractivity contribution is 0.0661. The molecule has 100 valence electrons. The van der Waals surface area contributed by atoms with Crippen LogP contribution in [0, 0.1) is 0 Å². The first kappa shape index (κ1) is 13.5. The monoisotopic (exact) mass is 325 g/mol. The molecular weight excluding hydrogens is 314 g/mol. The van der Waals surface area contributed by atoms with Crippen LogP contribution in [0.15, 0.2) is 39.4 Å². The molecular formula is C13H12BrNO4. The first-order chi connectivity index (χ1) is 9.11. The Morgan fingerprint density at radius 1 is 1.47 bits per heavy atom. The molecule has 0 saturated carbocycles. The molecule has 1 aromatic carbocycles. The minimum atomic E-state index is -1.08. The summed E-state index contributed by atoms with van der Waals surface area (Å²) in [6, 6.07) is 7.17. The Labute approximate surface area is 118 Å². The number of ether oxygens (including phenoxy) is 1. The Balaban J connectivity index is 2.16. The zero-order valence-corrected chi connectivity index (χ0v) is 11.7. The van der Waals surface area contributed by atoms with E-state index >= 15 is 0 Å². The van der Waals surface area contributed by atoms with Gasteiger partial charge in [-0.2, -0.15) is 0 Å². The van der Waals surface area contributed by atoms with E-state index in [1.54, 1.807) is 13.2 Å². The predicted octanol–water partition coefficient (Wildman–Crippen LogP) is 3.36. The topological polar surface area (TPSA) is 71.7 Å². The van der Waals surface area contributed by atoms with E-state index in [2.05, 4.69) is 21.2 Å². The third-order valence-corrected chi connectivity index (χ3v) is 3.07. The van der Waals surface area contributed by atoms with E-state index in [0.717, 1.165) is 10.2 Å². The van der Waals surface area contributed by atoms with Gasteiger partial charge in [0.15, 0.2) is 0 Å². The van der Waals surface area contributed by atoms with E-state index in [1.165, 1.54) is 6.26 Å². The normalized spacial score (nSPS) is 10.2. The highest BCUT2D eigenvalue weighted by atomic mass is 79.9. The van der Waals surface area contributed by atoms with Crippen LogP contribution in [0.5, 0.6) is 5.75 Å². The van der Waals surface area contributed by atoms with Crippen LogP contribution in [0.4, 0.5) is 5.69 Å². The van der Waals surface area contributed by atoms with Gasteiger partial charge >= 0.3 is 5.97 Å². The quantitative estimate of drug-likeness (QED) is 0.881. The third kappa shape index (κ3) is 3.08. The molecule has 0 unspecified atom stereocenters. The van der Waals surface area contributed by atoms with Crippen molar-refractivity contribution in [1.82, 2.24) is 0 Å². The lowest BCUT2D eigenvalue weighted by atomic mass is 10.2. The Morgan fingerprint density at radius 3 is 2.95 bits per heavy atom. The van der Waals surface area contributed by atoms with Crippen LogP contribution >= 0.6 is 15.9 Å². The number of hydrogen-bond donors (Lipinski definition) is 2. The second-order valence-corrected chi connectivity index (χ2v) is 4.69. The van der Waals surface area contributed by atoms with Gasteiger partial charge in [0.05, 0.1) is 19.1 Å². The maximum absolute atomic E-state index is 10.9. The smallest absolute Gasteiger partial charge is 0.372 e. The molecule has 5 nitrogen and oxygen atoms in total. The first-order valence-corrected chi connectivity index (χ1v) is 6.28. The molecule has 0 amide bonds. The molecule has 0 aliphatic heterocycles. The largest absolute Gasteiger partial charge is 0.495 e. The van der Waals surface area contributed by atoms with E-state index in [0.29, 0.717) is 17.9 Å². The molecule has 19 heavy (non-hydrogen) atoms. The Morgan fingerprint density at radius 2 is 2.26 bits per heavy atom. The number of benzene rings is 1. The van der Waals surface area contributed by atoms with Gasteiger partial charge in [0.1, 0.15) is 5.75 Å². The molecule has 0 spiro atoms. The highest BCUT2D eigenvalue weighted by Gasteiger charge is 2.14. The van der Waals surface area contributed by atoms with Crippen molar-refractivity contribution in [2.45, 2.75) is 6.54 Å². The third-order valence-electron chi connectivity index (χ3n) is 2.57. The van der Waals surface area contributed by atoms with Crippen LogP contribution in [0.1, 0.15) is 16.1 Å². The predicted molar refractivity (Wildman–Crippen MR) is 73.7 cm³/mol. The first-order valence-electron chi connectivity index (χ1n) is 5.49. The molecule has 0 aliphatic rings. The highest BCUT2D eigenvalue weighted by Crippen LogP contribution is 2.28. The van der Waals surface area contributed by atoms with Crippen molar-refractivity contribution in [3.63, 3.8) is 0 Å². The number of carboxylic acids is 1. The molecule has 2 aromatic rings. The molecule has 0 saturated heterocycles. The van der Waals surface area contributed by atoms with Crippen molar-refractivity contribution in [1.29, 1.82) is 0 Å². The van der Waals surface area contributed by atoms with Gasteiger partial charge in [-0.05, 0) is 24.3 Å². The van der Waals surface area contributed by atoms with Crippen molar-refractivity contribution in [3.05, 3.63) is 46.3 Å². The number of halogens is 1. The van der Waals surface area contributed by atoms with E-state index in [-0.39, 0.29) is 5.76 Å². The molecule has 1 aromatic heterocycles. The second kappa shape index (κ2) is 5.79. The summed E-state index contributed by atoms with van der Waals surface area (Å²) in [6.45, 7) is 0.338. The number of anilines is 1. The number of aromatic carboxylic acids is 1. The van der Waals surface area contributed by atoms with E-state index in [4.69, 9.17) is 14.3 Å². The number of nitrogens with one attached hydrogen (secondary N) is 1. The number of methoxy groups -OCH3 is 1. The zero-order chi connectivity index (χ0) is 13.8. The van der Waals surface area contributed by atoms with Crippen molar-refractivity contribution < 1.29 is 19.1 Å². The molecule has 6 heteroatoms. The average molecular weight is 326 g/mol. The summed E-state index contributed by atoms with van der Waals surface area (Å²) in [5.41, 5.74) is 1.35. The number of furan rings is 1. The molecule has 2 rings (SSSR count). The summed E-state index contributed by atoms with van der Waals surface area (Å²) in [4.78, 5) is 10.9. The van der Waals surface area contributed by atoms with E-state index in [1.807, 2.05) is 18.2 Å². The molecule has 0 bridgehead atoms. The Hall–Kier alpha value is -1.95. The van der Waals surface area contributed by atoms with Gasteiger partial charge in [-0.25, -0.2) is 4.79 Å². The van der Waals surface area contributed by atoms with Crippen molar-refractivity contribution >= 4 is 27.6 Å². The van der Waals surface area contributed by atoms with Crippen LogP contribution < -0.4 is 10.1 Å². The molecule has 0 fully saturated rings. The van der Waals surface area contributed by atoms with Gasteiger partial charge in [-0.3, -0.25) is 0 Å². The minimum absolute atomic E-state index is 0.0542. The van der Waals surface area contributed by atoms with E-state index < -0.39 is 5.97 Å². The molecule has 0 radical (unpaired) electrons. The number of hydrogen-bond acceptors (Lipinski definition) is 4. The standard InChI is InChI=1S/C13H12BrNO4/c1-18-11-3-2-9(14)6-10(11)15-7-8-4-5-19-12(8)13(16)17/h2-6,15H,7H2,1H3,(H,16,17). The molecule has 2 N–H and O–H groups in total. The number of carbonyl (C=O) groups is 1. The average Bonchev–Trinajstić information content (AvgIpc) is 2.85. The van der Waals surface area contributed by atoms with Gasteiger partial charge in [0, 0.05) is 16.6 Å². The fraction of sp³-hybridized carbons (Fsp3) is 0.154. The highest BCUT2D eigenvalue weighted by molar-refractivity contribution is 9.10. The summed E-state index contributed by atoms with van der Waals surface area (Å²) in [7, 11) is 1.58. The Kier molecular flexibility index (Phi) is 4.11. The van der Waals surface area contributed by atoms with Crippen molar-refractivity contribution in [3.8, 4) is 5.75 Å². The Bertz CT molecular complexity index is 594. The van der Waals surface area contributed by atoms with Gasteiger partial charge in [0.2, 0.25) is 5.76 Å². The van der Waals surface area contributed by atoms with Crippen molar-refractivity contribution in [2.24, 2.45) is 0 Å². The van der Waals surface area contributed by atoms with Crippen molar-refractivity contribution in [2.75, 3.05) is 12.4 Å². The maximum atomic E-state index is 10.9. The minimum Gasteiger partial charge on any atom is -0.495 e. The van der Waals surface area contributed by atoms with Crippen LogP contribution in [0.25, 0.3) is 0 Å². The maximum Gasteiger partial charge on any atom is 0.372 e. The van der Waals surface area contributed by atoms with Gasteiger partial charge < -0.3 is 19.6 Å². The molecule has 0 aliphatic carbocycles. The lowest BCUT2D eigenvalue weighted by Gasteiger charge is -2.11. The molecule has 0 atom stereocenters. The summed E-state index contributed by atoms with van der Waals surface area (Å²) in [5, 5.41) is 12.1. The molecule has 1 heterocycles. The summed E-state index contributed by atoms with van der Waals surface area (Å²) in [5.74, 6) is -0.451.